The van der Waals surface area contributed by atoms with Gasteiger partial charge in [-0.1, -0.05) is 6.07 Å². The molecule has 0 aromatic heterocycles. The van der Waals surface area contributed by atoms with Crippen LogP contribution >= 0.6 is 15.9 Å². The molecule has 0 aliphatic carbocycles. The standard InChI is InChI=1S/C12H9BrFN3O2/c13-9-5-12(17(18)19)11(6-10(9)14)16-8-3-1-2-7(15)4-8/h1-6,16H,15H2. The van der Waals surface area contributed by atoms with E-state index >= 15 is 0 Å². The summed E-state index contributed by atoms with van der Waals surface area (Å²) in [5.74, 6) is -0.586. The molecule has 0 aliphatic rings. The molecule has 2 aromatic rings. The van der Waals surface area contributed by atoms with Gasteiger partial charge in [0.15, 0.2) is 0 Å². The Morgan fingerprint density at radius 2 is 2.05 bits per heavy atom. The monoisotopic (exact) mass is 325 g/mol. The molecule has 0 saturated carbocycles. The number of nitrogens with one attached hydrogen (secondary N) is 1. The minimum atomic E-state index is -0.586. The van der Waals surface area contributed by atoms with Gasteiger partial charge in [-0.2, -0.15) is 0 Å². The second kappa shape index (κ2) is 5.23. The number of anilines is 3. The fourth-order valence-corrected chi connectivity index (χ4v) is 1.89. The summed E-state index contributed by atoms with van der Waals surface area (Å²) in [5.41, 5.74) is 6.50. The highest BCUT2D eigenvalue weighted by Gasteiger charge is 2.17. The van der Waals surface area contributed by atoms with E-state index in [9.17, 15) is 14.5 Å². The fourth-order valence-electron chi connectivity index (χ4n) is 1.56. The quantitative estimate of drug-likeness (QED) is 0.510. The van der Waals surface area contributed by atoms with Crippen LogP contribution in [-0.4, -0.2) is 4.92 Å². The summed E-state index contributed by atoms with van der Waals surface area (Å²) >= 11 is 2.92. The summed E-state index contributed by atoms with van der Waals surface area (Å²) in [6.45, 7) is 0. The lowest BCUT2D eigenvalue weighted by atomic mass is 10.2. The number of hydrogen-bond donors (Lipinski definition) is 2. The zero-order chi connectivity index (χ0) is 14.0. The Morgan fingerprint density at radius 3 is 2.68 bits per heavy atom. The molecule has 0 atom stereocenters. The number of nitrogens with two attached hydrogens (primary N) is 1. The van der Waals surface area contributed by atoms with Crippen LogP contribution < -0.4 is 11.1 Å². The van der Waals surface area contributed by atoms with Crippen molar-refractivity contribution in [3.05, 3.63) is 56.8 Å². The van der Waals surface area contributed by atoms with Crippen LogP contribution in [0.25, 0.3) is 0 Å². The van der Waals surface area contributed by atoms with Gasteiger partial charge in [0.2, 0.25) is 0 Å². The van der Waals surface area contributed by atoms with Crippen LogP contribution in [0.4, 0.5) is 27.1 Å². The summed E-state index contributed by atoms with van der Waals surface area (Å²) in [4.78, 5) is 10.4. The molecule has 0 heterocycles. The van der Waals surface area contributed by atoms with E-state index in [-0.39, 0.29) is 15.8 Å². The molecule has 19 heavy (non-hydrogen) atoms. The molecule has 0 saturated heterocycles. The van der Waals surface area contributed by atoms with Crippen molar-refractivity contribution in [3.63, 3.8) is 0 Å². The van der Waals surface area contributed by atoms with Gasteiger partial charge >= 0.3 is 0 Å². The molecule has 0 unspecified atom stereocenters. The number of halogens is 2. The average molecular weight is 326 g/mol. The number of nitrogen functional groups attached to an aromatic ring is 1. The molecule has 0 bridgehead atoms. The lowest BCUT2D eigenvalue weighted by molar-refractivity contribution is -0.384. The van der Waals surface area contributed by atoms with Crippen molar-refractivity contribution < 1.29 is 9.31 Å². The van der Waals surface area contributed by atoms with Crippen molar-refractivity contribution in [2.45, 2.75) is 0 Å². The predicted molar refractivity (Wildman–Crippen MR) is 74.9 cm³/mol. The second-order valence-corrected chi connectivity index (χ2v) is 4.65. The maximum absolute atomic E-state index is 13.5. The van der Waals surface area contributed by atoms with Gasteiger partial charge in [-0.3, -0.25) is 10.1 Å². The van der Waals surface area contributed by atoms with Crippen molar-refractivity contribution in [2.24, 2.45) is 0 Å². The number of nitro groups is 1. The minimum absolute atomic E-state index is 0.0392. The number of rotatable bonds is 3. The Labute approximate surface area is 116 Å². The number of hydrogen-bond acceptors (Lipinski definition) is 4. The average Bonchev–Trinajstić information content (AvgIpc) is 2.33. The van der Waals surface area contributed by atoms with E-state index in [1.165, 1.54) is 0 Å². The van der Waals surface area contributed by atoms with E-state index in [1.807, 2.05) is 0 Å². The van der Waals surface area contributed by atoms with E-state index < -0.39 is 10.7 Å². The summed E-state index contributed by atoms with van der Waals surface area (Å²) in [6.07, 6.45) is 0. The van der Waals surface area contributed by atoms with Gasteiger partial charge in [-0.15, -0.1) is 0 Å². The molecule has 0 fully saturated rings. The first-order chi connectivity index (χ1) is 8.97. The second-order valence-electron chi connectivity index (χ2n) is 3.79. The van der Waals surface area contributed by atoms with Crippen molar-refractivity contribution in [1.82, 2.24) is 0 Å². The van der Waals surface area contributed by atoms with Gasteiger partial charge in [0.25, 0.3) is 5.69 Å². The Morgan fingerprint density at radius 1 is 1.32 bits per heavy atom. The highest BCUT2D eigenvalue weighted by Crippen LogP contribution is 2.32. The summed E-state index contributed by atoms with van der Waals surface area (Å²) in [7, 11) is 0. The lowest BCUT2D eigenvalue weighted by Crippen LogP contribution is -1.99. The SMILES string of the molecule is Nc1cccc(Nc2cc(F)c(Br)cc2[N+](=O)[O-])c1. The van der Waals surface area contributed by atoms with E-state index in [2.05, 4.69) is 21.2 Å². The molecular weight excluding hydrogens is 317 g/mol. The first-order valence-corrected chi connectivity index (χ1v) is 6.02. The van der Waals surface area contributed by atoms with Gasteiger partial charge in [0, 0.05) is 23.5 Å². The van der Waals surface area contributed by atoms with Crippen LogP contribution in [-0.2, 0) is 0 Å². The minimum Gasteiger partial charge on any atom is -0.399 e. The molecule has 0 aliphatic heterocycles. The summed E-state index contributed by atoms with van der Waals surface area (Å²) < 4.78 is 13.5. The molecule has 0 radical (unpaired) electrons. The zero-order valence-electron chi connectivity index (χ0n) is 9.56. The molecule has 5 nitrogen and oxygen atoms in total. The molecule has 3 N–H and O–H groups in total. The number of nitrogens with zero attached hydrogens (tertiary/aromatic N) is 1. The van der Waals surface area contributed by atoms with Crippen molar-refractivity contribution in [2.75, 3.05) is 11.1 Å². The van der Waals surface area contributed by atoms with Crippen molar-refractivity contribution >= 4 is 38.7 Å². The maximum atomic E-state index is 13.5. The smallest absolute Gasteiger partial charge is 0.294 e. The van der Waals surface area contributed by atoms with E-state index in [0.717, 1.165) is 12.1 Å². The first kappa shape index (κ1) is 13.3. The van der Waals surface area contributed by atoms with Gasteiger partial charge < -0.3 is 11.1 Å². The highest BCUT2D eigenvalue weighted by molar-refractivity contribution is 9.10. The van der Waals surface area contributed by atoms with E-state index in [1.54, 1.807) is 24.3 Å². The van der Waals surface area contributed by atoms with Gasteiger partial charge in [0.05, 0.1) is 9.40 Å². The third-order valence-electron chi connectivity index (χ3n) is 2.40. The zero-order valence-corrected chi connectivity index (χ0v) is 11.1. The molecule has 98 valence electrons. The maximum Gasteiger partial charge on any atom is 0.294 e. The number of nitro benzene ring substituents is 1. The van der Waals surface area contributed by atoms with Crippen molar-refractivity contribution in [1.29, 1.82) is 0 Å². The Balaban J connectivity index is 2.44. The molecule has 0 amide bonds. The highest BCUT2D eigenvalue weighted by atomic mass is 79.9. The Bertz CT molecular complexity index is 649. The number of benzene rings is 2. The summed E-state index contributed by atoms with van der Waals surface area (Å²) in [5, 5.41) is 13.7. The summed E-state index contributed by atoms with van der Waals surface area (Å²) in [6, 6.07) is 8.83. The van der Waals surface area contributed by atoms with Crippen LogP contribution in [0.3, 0.4) is 0 Å². The van der Waals surface area contributed by atoms with Gasteiger partial charge in [-0.05, 0) is 34.1 Å². The Kier molecular flexibility index (Phi) is 3.66. The molecule has 2 rings (SSSR count). The van der Waals surface area contributed by atoms with Crippen LogP contribution in [0.15, 0.2) is 40.9 Å². The molecular formula is C12H9BrFN3O2. The third kappa shape index (κ3) is 3.00. The molecule has 7 heteroatoms. The predicted octanol–water partition coefficient (Wildman–Crippen LogP) is 3.82. The normalized spacial score (nSPS) is 10.2. The topological polar surface area (TPSA) is 81.2 Å². The third-order valence-corrected chi connectivity index (χ3v) is 3.01. The van der Waals surface area contributed by atoms with E-state index in [4.69, 9.17) is 5.73 Å². The van der Waals surface area contributed by atoms with Crippen LogP contribution in [0, 0.1) is 15.9 Å². The molecule has 0 spiro atoms. The largest absolute Gasteiger partial charge is 0.399 e. The van der Waals surface area contributed by atoms with Crippen molar-refractivity contribution in [3.8, 4) is 0 Å². The van der Waals surface area contributed by atoms with Crippen LogP contribution in [0.5, 0.6) is 0 Å². The fraction of sp³-hybridized carbons (Fsp3) is 0. The van der Waals surface area contributed by atoms with E-state index in [0.29, 0.717) is 11.4 Å². The van der Waals surface area contributed by atoms with Crippen LogP contribution in [0.2, 0.25) is 0 Å². The lowest BCUT2D eigenvalue weighted by Gasteiger charge is -2.08. The first-order valence-electron chi connectivity index (χ1n) is 5.23. The van der Waals surface area contributed by atoms with Gasteiger partial charge in [-0.25, -0.2) is 4.39 Å². The molecule has 2 aromatic carbocycles. The Hall–Kier alpha value is -2.15. The van der Waals surface area contributed by atoms with Crippen LogP contribution in [0.1, 0.15) is 0 Å². The van der Waals surface area contributed by atoms with Gasteiger partial charge in [0.1, 0.15) is 11.5 Å².